The molecule has 0 aliphatic rings. The number of methoxy groups -OCH3 is 1. The molecule has 120 valence electrons. The molecular formula is C16H14ClNO4S. The highest BCUT2D eigenvalue weighted by Crippen LogP contribution is 2.33. The number of aliphatic hydroxyl groups excluding tert-OH is 1. The summed E-state index contributed by atoms with van der Waals surface area (Å²) in [6.45, 7) is -0.416. The minimum absolute atomic E-state index is 0.140. The topological polar surface area (TPSA) is 68.5 Å². The molecule has 0 radical (unpaired) electrons. The molecule has 0 atom stereocenters. The first-order valence-electron chi connectivity index (χ1n) is 6.78. The SMILES string of the molecule is COc1cc2c(cc1Cl)cc(CO)n2S(=O)(=O)c1ccccc1. The van der Waals surface area contributed by atoms with Gasteiger partial charge in [-0.3, -0.25) is 0 Å². The summed E-state index contributed by atoms with van der Waals surface area (Å²) in [5.74, 6) is 0.367. The Hall–Kier alpha value is -2.02. The summed E-state index contributed by atoms with van der Waals surface area (Å²) in [5.41, 5.74) is 0.660. The molecule has 1 heterocycles. The number of rotatable bonds is 4. The maximum Gasteiger partial charge on any atom is 0.268 e. The van der Waals surface area contributed by atoms with E-state index in [4.69, 9.17) is 16.3 Å². The van der Waals surface area contributed by atoms with Crippen LogP contribution in [0.4, 0.5) is 0 Å². The average molecular weight is 352 g/mol. The van der Waals surface area contributed by atoms with Gasteiger partial charge in [0.2, 0.25) is 0 Å². The first-order valence-corrected chi connectivity index (χ1v) is 8.60. The molecule has 0 aliphatic carbocycles. The van der Waals surface area contributed by atoms with Crippen LogP contribution in [0.3, 0.4) is 0 Å². The molecule has 0 fully saturated rings. The van der Waals surface area contributed by atoms with Crippen molar-refractivity contribution in [2.45, 2.75) is 11.5 Å². The number of aliphatic hydroxyl groups is 1. The quantitative estimate of drug-likeness (QED) is 0.784. The Morgan fingerprint density at radius 1 is 1.17 bits per heavy atom. The Labute approximate surface area is 138 Å². The number of ether oxygens (including phenoxy) is 1. The van der Waals surface area contributed by atoms with Crippen LogP contribution in [0.1, 0.15) is 5.69 Å². The van der Waals surface area contributed by atoms with E-state index in [-0.39, 0.29) is 10.6 Å². The molecule has 0 aliphatic heterocycles. The van der Waals surface area contributed by atoms with Gasteiger partial charge < -0.3 is 9.84 Å². The maximum absolute atomic E-state index is 13.0. The smallest absolute Gasteiger partial charge is 0.268 e. The summed E-state index contributed by atoms with van der Waals surface area (Å²) in [7, 11) is -2.39. The van der Waals surface area contributed by atoms with Gasteiger partial charge in [0.25, 0.3) is 10.0 Å². The van der Waals surface area contributed by atoms with Gasteiger partial charge in [-0.05, 0) is 24.3 Å². The van der Waals surface area contributed by atoms with Gasteiger partial charge in [0.1, 0.15) is 5.75 Å². The van der Waals surface area contributed by atoms with Crippen molar-refractivity contribution < 1.29 is 18.3 Å². The monoisotopic (exact) mass is 351 g/mol. The third-order valence-electron chi connectivity index (χ3n) is 3.55. The van der Waals surface area contributed by atoms with Crippen LogP contribution in [-0.4, -0.2) is 24.6 Å². The number of hydrogen-bond acceptors (Lipinski definition) is 4. The van der Waals surface area contributed by atoms with Crippen LogP contribution < -0.4 is 4.74 Å². The maximum atomic E-state index is 13.0. The van der Waals surface area contributed by atoms with Crippen molar-refractivity contribution in [2.24, 2.45) is 0 Å². The van der Waals surface area contributed by atoms with Crippen molar-refractivity contribution in [1.29, 1.82) is 0 Å². The Morgan fingerprint density at radius 2 is 1.87 bits per heavy atom. The number of nitrogens with zero attached hydrogens (tertiary/aromatic N) is 1. The van der Waals surface area contributed by atoms with E-state index >= 15 is 0 Å². The molecule has 3 rings (SSSR count). The van der Waals surface area contributed by atoms with E-state index in [1.165, 1.54) is 19.2 Å². The number of hydrogen-bond donors (Lipinski definition) is 1. The molecule has 0 saturated heterocycles. The fraction of sp³-hybridized carbons (Fsp3) is 0.125. The van der Waals surface area contributed by atoms with Gasteiger partial charge in [-0.15, -0.1) is 0 Å². The normalized spacial score (nSPS) is 11.8. The second-order valence-electron chi connectivity index (χ2n) is 4.92. The summed E-state index contributed by atoms with van der Waals surface area (Å²) in [6.07, 6.45) is 0. The summed E-state index contributed by atoms with van der Waals surface area (Å²) >= 11 is 6.09. The van der Waals surface area contributed by atoms with Crippen LogP contribution in [-0.2, 0) is 16.6 Å². The minimum atomic E-state index is -3.84. The Morgan fingerprint density at radius 3 is 2.48 bits per heavy atom. The molecule has 1 N–H and O–H groups in total. The van der Waals surface area contributed by atoms with E-state index < -0.39 is 16.6 Å². The molecule has 1 aromatic heterocycles. The van der Waals surface area contributed by atoms with Crippen LogP contribution in [0.25, 0.3) is 10.9 Å². The molecule has 5 nitrogen and oxygen atoms in total. The van der Waals surface area contributed by atoms with E-state index in [0.717, 1.165) is 3.97 Å². The third-order valence-corrected chi connectivity index (χ3v) is 5.62. The summed E-state index contributed by atoms with van der Waals surface area (Å²) in [5, 5.41) is 10.6. The van der Waals surface area contributed by atoms with Gasteiger partial charge in [-0.2, -0.15) is 0 Å². The average Bonchev–Trinajstić information content (AvgIpc) is 2.92. The summed E-state index contributed by atoms with van der Waals surface area (Å²) in [4.78, 5) is 0.140. The third kappa shape index (κ3) is 2.59. The van der Waals surface area contributed by atoms with E-state index in [1.54, 1.807) is 36.4 Å². The lowest BCUT2D eigenvalue weighted by Gasteiger charge is -2.11. The molecule has 23 heavy (non-hydrogen) atoms. The van der Waals surface area contributed by atoms with Gasteiger partial charge in [-0.25, -0.2) is 12.4 Å². The Kier molecular flexibility index (Phi) is 4.06. The zero-order chi connectivity index (χ0) is 16.6. The van der Waals surface area contributed by atoms with Crippen molar-refractivity contribution >= 4 is 32.5 Å². The predicted molar refractivity (Wildman–Crippen MR) is 88.4 cm³/mol. The minimum Gasteiger partial charge on any atom is -0.495 e. The van der Waals surface area contributed by atoms with Crippen LogP contribution in [0.2, 0.25) is 5.02 Å². The lowest BCUT2D eigenvalue weighted by Crippen LogP contribution is -2.15. The molecule has 2 aromatic carbocycles. The lowest BCUT2D eigenvalue weighted by atomic mass is 10.2. The molecule has 7 heteroatoms. The molecule has 3 aromatic rings. The highest BCUT2D eigenvalue weighted by molar-refractivity contribution is 7.90. The van der Waals surface area contributed by atoms with E-state index in [2.05, 4.69) is 0 Å². The standard InChI is InChI=1S/C16H14ClNO4S/c1-22-16-9-15-11(8-14(16)17)7-12(10-19)18(15)23(20,21)13-5-3-2-4-6-13/h2-9,19H,10H2,1H3. The molecule has 0 spiro atoms. The second-order valence-corrected chi connectivity index (χ2v) is 7.12. The fourth-order valence-corrected chi connectivity index (χ4v) is 4.29. The van der Waals surface area contributed by atoms with Crippen molar-refractivity contribution in [2.75, 3.05) is 7.11 Å². The van der Waals surface area contributed by atoms with Gasteiger partial charge in [-0.1, -0.05) is 29.8 Å². The van der Waals surface area contributed by atoms with E-state index in [1.807, 2.05) is 0 Å². The molecule has 0 bridgehead atoms. The molecular weight excluding hydrogens is 338 g/mol. The highest BCUT2D eigenvalue weighted by atomic mass is 35.5. The first-order chi connectivity index (χ1) is 11.0. The van der Waals surface area contributed by atoms with Gasteiger partial charge in [0.15, 0.2) is 0 Å². The summed E-state index contributed by atoms with van der Waals surface area (Å²) < 4.78 is 32.2. The van der Waals surface area contributed by atoms with Gasteiger partial charge in [0.05, 0.1) is 34.8 Å². The Balaban J connectivity index is 2.36. The zero-order valence-corrected chi connectivity index (χ0v) is 13.8. The van der Waals surface area contributed by atoms with E-state index in [0.29, 0.717) is 21.7 Å². The van der Waals surface area contributed by atoms with Crippen molar-refractivity contribution in [1.82, 2.24) is 3.97 Å². The fourth-order valence-electron chi connectivity index (χ4n) is 2.49. The Bertz CT molecular complexity index is 965. The zero-order valence-electron chi connectivity index (χ0n) is 12.2. The molecule has 0 saturated carbocycles. The second kappa shape index (κ2) is 5.88. The van der Waals surface area contributed by atoms with Crippen molar-refractivity contribution in [3.8, 4) is 5.75 Å². The van der Waals surface area contributed by atoms with Crippen LogP contribution in [0, 0.1) is 0 Å². The largest absolute Gasteiger partial charge is 0.495 e. The van der Waals surface area contributed by atoms with Crippen molar-refractivity contribution in [3.63, 3.8) is 0 Å². The summed E-state index contributed by atoms with van der Waals surface area (Å²) in [6, 6.07) is 12.8. The van der Waals surface area contributed by atoms with Crippen LogP contribution in [0.15, 0.2) is 53.4 Å². The van der Waals surface area contributed by atoms with Crippen LogP contribution in [0.5, 0.6) is 5.75 Å². The predicted octanol–water partition coefficient (Wildman–Crippen LogP) is 3.03. The van der Waals surface area contributed by atoms with Crippen LogP contribution >= 0.6 is 11.6 Å². The molecule has 0 unspecified atom stereocenters. The highest BCUT2D eigenvalue weighted by Gasteiger charge is 2.23. The lowest BCUT2D eigenvalue weighted by molar-refractivity contribution is 0.276. The first kappa shape index (κ1) is 15.9. The van der Waals surface area contributed by atoms with Gasteiger partial charge >= 0.3 is 0 Å². The number of benzene rings is 2. The van der Waals surface area contributed by atoms with E-state index in [9.17, 15) is 13.5 Å². The van der Waals surface area contributed by atoms with Crippen molar-refractivity contribution in [3.05, 3.63) is 59.2 Å². The number of fused-ring (bicyclic) bond motifs is 1. The number of aromatic nitrogens is 1. The number of halogens is 1. The molecule has 0 amide bonds. The van der Waals surface area contributed by atoms with Gasteiger partial charge in [0, 0.05) is 11.5 Å².